The second kappa shape index (κ2) is 5.05. The van der Waals surface area contributed by atoms with Crippen LogP contribution in [-0.4, -0.2) is 15.5 Å². The molecule has 0 fully saturated rings. The highest BCUT2D eigenvalue weighted by molar-refractivity contribution is 8.10. The van der Waals surface area contributed by atoms with E-state index in [-0.39, 0.29) is 0 Å². The van der Waals surface area contributed by atoms with E-state index < -0.39 is 10.8 Å². The zero-order valence-corrected chi connectivity index (χ0v) is 8.82. The molecule has 2 nitrogen and oxygen atoms in total. The van der Waals surface area contributed by atoms with E-state index in [1.54, 1.807) is 12.3 Å². The summed E-state index contributed by atoms with van der Waals surface area (Å²) in [6, 6.07) is 9.44. The van der Waals surface area contributed by atoms with Gasteiger partial charge in [0.05, 0.1) is 10.6 Å². The Bertz CT molecular complexity index is 357. The molecule has 0 aliphatic rings. The van der Waals surface area contributed by atoms with E-state index in [0.29, 0.717) is 10.6 Å². The van der Waals surface area contributed by atoms with E-state index in [9.17, 15) is 4.21 Å². The summed E-state index contributed by atoms with van der Waals surface area (Å²) in [6.45, 7) is 0. The molecular weight excluding hydrogens is 202 g/mol. The van der Waals surface area contributed by atoms with Gasteiger partial charge in [-0.25, -0.2) is 0 Å². The van der Waals surface area contributed by atoms with Crippen LogP contribution in [0.25, 0.3) is 0 Å². The van der Waals surface area contributed by atoms with Crippen LogP contribution in [0.15, 0.2) is 29.2 Å². The van der Waals surface area contributed by atoms with Crippen molar-refractivity contribution in [1.82, 2.24) is 0 Å². The van der Waals surface area contributed by atoms with E-state index in [1.165, 1.54) is 11.8 Å². The average molecular weight is 211 g/mol. The lowest BCUT2D eigenvalue weighted by Crippen LogP contribution is -1.89. The van der Waals surface area contributed by atoms with Crippen LogP contribution in [-0.2, 0) is 10.8 Å². The van der Waals surface area contributed by atoms with Crippen LogP contribution in [0.3, 0.4) is 0 Å². The Morgan fingerprint density at radius 3 is 2.85 bits per heavy atom. The first-order valence-electron chi connectivity index (χ1n) is 3.66. The molecule has 0 aliphatic heterocycles. The summed E-state index contributed by atoms with van der Waals surface area (Å²) in [6.07, 6.45) is 1.65. The maximum Gasteiger partial charge on any atom is 0.100 e. The Morgan fingerprint density at radius 1 is 1.54 bits per heavy atom. The first-order chi connectivity index (χ1) is 6.24. The van der Waals surface area contributed by atoms with Crippen molar-refractivity contribution >= 4 is 22.6 Å². The quantitative estimate of drug-likeness (QED) is 0.718. The van der Waals surface area contributed by atoms with E-state index in [4.69, 9.17) is 5.26 Å². The van der Waals surface area contributed by atoms with Crippen molar-refractivity contribution < 1.29 is 4.21 Å². The standard InChI is InChI=1S/C9H9NOS2/c1-13(11)7-12-9-5-3-2-4-8(9)6-10/h2-5H,7H2,1H3. The minimum absolute atomic E-state index is 0.540. The van der Waals surface area contributed by atoms with Crippen LogP contribution >= 0.6 is 11.8 Å². The molecule has 1 aromatic carbocycles. The van der Waals surface area contributed by atoms with Crippen molar-refractivity contribution in [3.05, 3.63) is 29.8 Å². The fourth-order valence-corrected chi connectivity index (χ4v) is 2.45. The molecule has 1 rings (SSSR count). The summed E-state index contributed by atoms with van der Waals surface area (Å²) in [5.41, 5.74) is 0.651. The molecule has 1 atom stereocenters. The smallest absolute Gasteiger partial charge is 0.100 e. The molecule has 0 aromatic heterocycles. The summed E-state index contributed by atoms with van der Waals surface area (Å²) in [5, 5.41) is 9.28. The molecule has 1 unspecified atom stereocenters. The van der Waals surface area contributed by atoms with Crippen LogP contribution < -0.4 is 0 Å². The van der Waals surface area contributed by atoms with E-state index in [0.717, 1.165) is 4.90 Å². The van der Waals surface area contributed by atoms with Gasteiger partial charge in [-0.3, -0.25) is 4.21 Å². The lowest BCUT2D eigenvalue weighted by molar-refractivity contribution is 0.689. The third-order valence-electron chi connectivity index (χ3n) is 1.39. The molecule has 13 heavy (non-hydrogen) atoms. The van der Waals surface area contributed by atoms with Crippen molar-refractivity contribution in [2.24, 2.45) is 0 Å². The predicted molar refractivity (Wildman–Crippen MR) is 55.9 cm³/mol. The number of hydrogen-bond acceptors (Lipinski definition) is 3. The van der Waals surface area contributed by atoms with Crippen molar-refractivity contribution in [2.45, 2.75) is 4.90 Å². The van der Waals surface area contributed by atoms with Gasteiger partial charge >= 0.3 is 0 Å². The summed E-state index contributed by atoms with van der Waals surface area (Å²) >= 11 is 1.46. The molecule has 0 spiro atoms. The van der Waals surface area contributed by atoms with Crippen LogP contribution in [0, 0.1) is 11.3 Å². The van der Waals surface area contributed by atoms with Gasteiger partial charge in [0.25, 0.3) is 0 Å². The fraction of sp³-hybridized carbons (Fsp3) is 0.222. The van der Waals surface area contributed by atoms with Gasteiger partial charge in [0, 0.05) is 22.0 Å². The second-order valence-electron chi connectivity index (χ2n) is 2.44. The summed E-state index contributed by atoms with van der Waals surface area (Å²) in [5.74, 6) is 0. The van der Waals surface area contributed by atoms with Gasteiger partial charge in [-0.1, -0.05) is 12.1 Å². The van der Waals surface area contributed by atoms with Gasteiger partial charge < -0.3 is 0 Å². The van der Waals surface area contributed by atoms with Gasteiger partial charge in [-0.2, -0.15) is 5.26 Å². The Balaban J connectivity index is 2.77. The molecule has 4 heteroatoms. The third kappa shape index (κ3) is 3.21. The monoisotopic (exact) mass is 211 g/mol. The molecule has 1 aromatic rings. The Morgan fingerprint density at radius 2 is 2.23 bits per heavy atom. The maximum atomic E-state index is 10.8. The van der Waals surface area contributed by atoms with E-state index >= 15 is 0 Å². The molecule has 0 aliphatic carbocycles. The predicted octanol–water partition coefficient (Wildman–Crippen LogP) is 1.99. The highest BCUT2D eigenvalue weighted by Gasteiger charge is 2.01. The number of hydrogen-bond donors (Lipinski definition) is 0. The van der Waals surface area contributed by atoms with Crippen molar-refractivity contribution in [2.75, 3.05) is 11.3 Å². The normalized spacial score (nSPS) is 12.0. The molecule has 0 saturated carbocycles. The molecule has 0 amide bonds. The topological polar surface area (TPSA) is 40.9 Å². The minimum atomic E-state index is -0.823. The number of nitriles is 1. The molecule has 0 bridgehead atoms. The molecular formula is C9H9NOS2. The van der Waals surface area contributed by atoms with Gasteiger partial charge in [0.1, 0.15) is 6.07 Å². The third-order valence-corrected chi connectivity index (χ3v) is 3.85. The molecule has 68 valence electrons. The number of benzene rings is 1. The molecule has 0 saturated heterocycles. The summed E-state index contributed by atoms with van der Waals surface area (Å²) in [7, 11) is -0.823. The van der Waals surface area contributed by atoms with Crippen molar-refractivity contribution in [3.8, 4) is 6.07 Å². The van der Waals surface area contributed by atoms with Gasteiger partial charge in [-0.05, 0) is 12.1 Å². The van der Waals surface area contributed by atoms with Gasteiger partial charge in [0.2, 0.25) is 0 Å². The first kappa shape index (κ1) is 10.3. The minimum Gasteiger partial charge on any atom is -0.259 e. The fourth-order valence-electron chi connectivity index (χ4n) is 0.831. The van der Waals surface area contributed by atoms with Gasteiger partial charge in [-0.15, -0.1) is 11.8 Å². The van der Waals surface area contributed by atoms with Crippen LogP contribution in [0.5, 0.6) is 0 Å². The van der Waals surface area contributed by atoms with Crippen LogP contribution in [0.4, 0.5) is 0 Å². The molecule has 0 N–H and O–H groups in total. The molecule has 0 radical (unpaired) electrons. The Hall–Kier alpha value is -0.790. The summed E-state index contributed by atoms with van der Waals surface area (Å²) in [4.78, 5) is 0.903. The summed E-state index contributed by atoms with van der Waals surface area (Å²) < 4.78 is 10.8. The zero-order valence-electron chi connectivity index (χ0n) is 7.19. The zero-order chi connectivity index (χ0) is 9.68. The van der Waals surface area contributed by atoms with E-state index in [2.05, 4.69) is 6.07 Å². The van der Waals surface area contributed by atoms with Crippen molar-refractivity contribution in [1.29, 1.82) is 5.26 Å². The highest BCUT2D eigenvalue weighted by Crippen LogP contribution is 2.21. The lowest BCUT2D eigenvalue weighted by atomic mass is 10.2. The average Bonchev–Trinajstić information content (AvgIpc) is 2.15. The molecule has 0 heterocycles. The van der Waals surface area contributed by atoms with Gasteiger partial charge in [0.15, 0.2) is 0 Å². The SMILES string of the molecule is CS(=O)CSc1ccccc1C#N. The lowest BCUT2D eigenvalue weighted by Gasteiger charge is -2.00. The van der Waals surface area contributed by atoms with Crippen LogP contribution in [0.2, 0.25) is 0 Å². The number of nitrogens with zero attached hydrogens (tertiary/aromatic N) is 1. The first-order valence-corrected chi connectivity index (χ1v) is 6.37. The largest absolute Gasteiger partial charge is 0.259 e. The number of thioether (sulfide) groups is 1. The van der Waals surface area contributed by atoms with Crippen molar-refractivity contribution in [3.63, 3.8) is 0 Å². The maximum absolute atomic E-state index is 10.8. The highest BCUT2D eigenvalue weighted by atomic mass is 32.2. The second-order valence-corrected chi connectivity index (χ2v) is 5.26. The Labute approximate surface area is 84.4 Å². The van der Waals surface area contributed by atoms with Crippen LogP contribution in [0.1, 0.15) is 5.56 Å². The number of rotatable bonds is 3. The Kier molecular flexibility index (Phi) is 4.00. The van der Waals surface area contributed by atoms with E-state index in [1.807, 2.05) is 18.2 Å².